The summed E-state index contributed by atoms with van der Waals surface area (Å²) in [7, 11) is 0. The van der Waals surface area contributed by atoms with E-state index in [9.17, 15) is 4.79 Å². The van der Waals surface area contributed by atoms with Gasteiger partial charge in [0.1, 0.15) is 5.75 Å². The van der Waals surface area contributed by atoms with Crippen LogP contribution in [0, 0.1) is 0 Å². The number of benzene rings is 2. The molecule has 0 bridgehead atoms. The fraction of sp³-hybridized carbons (Fsp3) is 0.176. The summed E-state index contributed by atoms with van der Waals surface area (Å²) >= 11 is 20.4. The third-order valence-corrected chi connectivity index (χ3v) is 4.03. The Kier molecular flexibility index (Phi) is 7.07. The second kappa shape index (κ2) is 8.85. The third kappa shape index (κ3) is 6.15. The Bertz CT molecular complexity index is 795. The van der Waals surface area contributed by atoms with Gasteiger partial charge in [-0.15, -0.1) is 0 Å². The van der Waals surface area contributed by atoms with E-state index in [0.717, 1.165) is 4.47 Å². The lowest BCUT2D eigenvalue weighted by Gasteiger charge is -2.15. The normalized spacial score (nSPS) is 10.5. The fourth-order valence-corrected chi connectivity index (χ4v) is 3.09. The second-order valence-electron chi connectivity index (χ2n) is 5.37. The Morgan fingerprint density at radius 1 is 1.16 bits per heavy atom. The van der Waals surface area contributed by atoms with Crippen LogP contribution in [-0.2, 0) is 0 Å². The molecule has 2 rings (SSSR count). The summed E-state index contributed by atoms with van der Waals surface area (Å²) in [6, 6.07) is 10.1. The minimum atomic E-state index is -0.387. The summed E-state index contributed by atoms with van der Waals surface area (Å²) < 4.78 is 6.43. The van der Waals surface area contributed by atoms with Gasteiger partial charge in [0.2, 0.25) is 0 Å². The Balaban J connectivity index is 2.13. The zero-order valence-electron chi connectivity index (χ0n) is 13.4. The van der Waals surface area contributed by atoms with Crippen molar-refractivity contribution in [3.05, 3.63) is 56.5 Å². The van der Waals surface area contributed by atoms with Gasteiger partial charge in [-0.2, -0.15) is 0 Å². The molecule has 0 unspecified atom stereocenters. The maximum atomic E-state index is 12.5. The molecule has 0 fully saturated rings. The SMILES string of the molecule is CC(C)Oc1ccc(Br)cc1C(=O)NC(=S)Nc1cc(Cl)cc(Cl)c1. The molecule has 0 saturated carbocycles. The van der Waals surface area contributed by atoms with Crippen LogP contribution in [0.15, 0.2) is 40.9 Å². The maximum Gasteiger partial charge on any atom is 0.261 e. The lowest BCUT2D eigenvalue weighted by Crippen LogP contribution is -2.34. The van der Waals surface area contributed by atoms with E-state index in [2.05, 4.69) is 26.6 Å². The van der Waals surface area contributed by atoms with E-state index >= 15 is 0 Å². The molecule has 1 amide bonds. The molecule has 0 aliphatic carbocycles. The van der Waals surface area contributed by atoms with Crippen LogP contribution >= 0.6 is 51.3 Å². The topological polar surface area (TPSA) is 50.4 Å². The number of hydrogen-bond acceptors (Lipinski definition) is 3. The molecule has 0 radical (unpaired) electrons. The summed E-state index contributed by atoms with van der Waals surface area (Å²) in [6.07, 6.45) is -0.0635. The van der Waals surface area contributed by atoms with Crippen molar-refractivity contribution in [2.24, 2.45) is 0 Å². The van der Waals surface area contributed by atoms with E-state index < -0.39 is 0 Å². The molecule has 0 aliphatic heterocycles. The summed E-state index contributed by atoms with van der Waals surface area (Å²) in [5, 5.41) is 6.54. The standard InChI is InChI=1S/C17H15BrCl2N2O2S/c1-9(2)24-15-4-3-10(18)5-14(15)16(23)22-17(25)21-13-7-11(19)6-12(20)8-13/h3-9H,1-2H3,(H2,21,22,23,25). The van der Waals surface area contributed by atoms with Gasteiger partial charge in [0.25, 0.3) is 5.91 Å². The van der Waals surface area contributed by atoms with Crippen LogP contribution in [0.3, 0.4) is 0 Å². The Hall–Kier alpha value is -1.34. The summed E-state index contributed by atoms with van der Waals surface area (Å²) in [5.41, 5.74) is 0.951. The molecule has 2 N–H and O–H groups in total. The van der Waals surface area contributed by atoms with Gasteiger partial charge in [0.05, 0.1) is 11.7 Å². The van der Waals surface area contributed by atoms with Gasteiger partial charge in [-0.25, -0.2) is 0 Å². The quantitative estimate of drug-likeness (QED) is 0.576. The summed E-state index contributed by atoms with van der Waals surface area (Å²) in [5.74, 6) is 0.0897. The van der Waals surface area contributed by atoms with Gasteiger partial charge in [0.15, 0.2) is 5.11 Å². The first-order valence-corrected chi connectivity index (χ1v) is 9.25. The molecular weight excluding hydrogens is 447 g/mol. The predicted octanol–water partition coefficient (Wildman–Crippen LogP) is 5.67. The van der Waals surface area contributed by atoms with Crippen LogP contribution in [0.25, 0.3) is 0 Å². The molecule has 25 heavy (non-hydrogen) atoms. The van der Waals surface area contributed by atoms with E-state index in [1.807, 2.05) is 13.8 Å². The first-order valence-electron chi connectivity index (χ1n) is 7.29. The number of anilines is 1. The highest BCUT2D eigenvalue weighted by atomic mass is 79.9. The molecular formula is C17H15BrCl2N2O2S. The van der Waals surface area contributed by atoms with E-state index in [-0.39, 0.29) is 17.1 Å². The fourth-order valence-electron chi connectivity index (χ4n) is 2.00. The van der Waals surface area contributed by atoms with Crippen LogP contribution in [0.5, 0.6) is 5.75 Å². The third-order valence-electron chi connectivity index (χ3n) is 2.90. The molecule has 0 atom stereocenters. The van der Waals surface area contributed by atoms with Crippen molar-refractivity contribution >= 4 is 68.1 Å². The molecule has 0 heterocycles. The van der Waals surface area contributed by atoms with Crippen LogP contribution in [-0.4, -0.2) is 17.1 Å². The van der Waals surface area contributed by atoms with Gasteiger partial charge in [-0.1, -0.05) is 39.1 Å². The molecule has 132 valence electrons. The molecule has 2 aromatic carbocycles. The van der Waals surface area contributed by atoms with E-state index in [0.29, 0.717) is 27.0 Å². The lowest BCUT2D eigenvalue weighted by atomic mass is 10.2. The van der Waals surface area contributed by atoms with Crippen molar-refractivity contribution in [3.8, 4) is 5.75 Å². The average molecular weight is 462 g/mol. The maximum absolute atomic E-state index is 12.5. The monoisotopic (exact) mass is 460 g/mol. The molecule has 2 aromatic rings. The van der Waals surface area contributed by atoms with Crippen molar-refractivity contribution in [2.45, 2.75) is 20.0 Å². The number of carbonyl (C=O) groups is 1. The number of halogens is 3. The highest BCUT2D eigenvalue weighted by Gasteiger charge is 2.16. The number of ether oxygens (including phenoxy) is 1. The molecule has 4 nitrogen and oxygen atoms in total. The number of amides is 1. The zero-order chi connectivity index (χ0) is 18.6. The average Bonchev–Trinajstić information content (AvgIpc) is 2.47. The van der Waals surface area contributed by atoms with E-state index in [1.165, 1.54) is 0 Å². The first kappa shape index (κ1) is 20.0. The van der Waals surface area contributed by atoms with Gasteiger partial charge in [-0.3, -0.25) is 10.1 Å². The Morgan fingerprint density at radius 2 is 1.80 bits per heavy atom. The van der Waals surface area contributed by atoms with Crippen LogP contribution in [0.4, 0.5) is 5.69 Å². The van der Waals surface area contributed by atoms with E-state index in [1.54, 1.807) is 36.4 Å². The minimum Gasteiger partial charge on any atom is -0.490 e. The molecule has 0 aromatic heterocycles. The Morgan fingerprint density at radius 3 is 2.40 bits per heavy atom. The second-order valence-corrected chi connectivity index (χ2v) is 7.57. The Labute approximate surface area is 170 Å². The van der Waals surface area contributed by atoms with E-state index in [4.69, 9.17) is 40.2 Å². The number of rotatable bonds is 4. The van der Waals surface area contributed by atoms with Crippen molar-refractivity contribution in [3.63, 3.8) is 0 Å². The number of nitrogens with one attached hydrogen (secondary N) is 2. The molecule has 0 spiro atoms. The summed E-state index contributed by atoms with van der Waals surface area (Å²) in [6.45, 7) is 3.78. The molecule has 0 aliphatic rings. The highest BCUT2D eigenvalue weighted by Crippen LogP contribution is 2.25. The number of thiocarbonyl (C=S) groups is 1. The summed E-state index contributed by atoms with van der Waals surface area (Å²) in [4.78, 5) is 12.5. The highest BCUT2D eigenvalue weighted by molar-refractivity contribution is 9.10. The largest absolute Gasteiger partial charge is 0.490 e. The molecule has 0 saturated heterocycles. The number of hydrogen-bond donors (Lipinski definition) is 2. The van der Waals surface area contributed by atoms with Gasteiger partial charge in [0, 0.05) is 20.2 Å². The van der Waals surface area contributed by atoms with Gasteiger partial charge in [-0.05, 0) is 62.5 Å². The molecule has 8 heteroatoms. The van der Waals surface area contributed by atoms with Gasteiger partial charge >= 0.3 is 0 Å². The van der Waals surface area contributed by atoms with Crippen LogP contribution < -0.4 is 15.4 Å². The predicted molar refractivity (Wildman–Crippen MR) is 110 cm³/mol. The smallest absolute Gasteiger partial charge is 0.261 e. The van der Waals surface area contributed by atoms with Crippen LogP contribution in [0.1, 0.15) is 24.2 Å². The van der Waals surface area contributed by atoms with Crippen molar-refractivity contribution < 1.29 is 9.53 Å². The van der Waals surface area contributed by atoms with Crippen LogP contribution in [0.2, 0.25) is 10.0 Å². The van der Waals surface area contributed by atoms with Crippen molar-refractivity contribution in [1.29, 1.82) is 0 Å². The van der Waals surface area contributed by atoms with Crippen molar-refractivity contribution in [1.82, 2.24) is 5.32 Å². The lowest BCUT2D eigenvalue weighted by molar-refractivity contribution is 0.0972. The van der Waals surface area contributed by atoms with Crippen molar-refractivity contribution in [2.75, 3.05) is 5.32 Å². The van der Waals surface area contributed by atoms with Gasteiger partial charge < -0.3 is 10.1 Å². The first-order chi connectivity index (χ1) is 11.7. The minimum absolute atomic E-state index is 0.0635. The number of carbonyl (C=O) groups excluding carboxylic acids is 1. The zero-order valence-corrected chi connectivity index (χ0v) is 17.3.